The molecule has 0 aliphatic rings. The first-order valence-electron chi connectivity index (χ1n) is 6.80. The quantitative estimate of drug-likeness (QED) is 0.660. The molecule has 0 saturated carbocycles. The molecule has 0 atom stereocenters. The molecule has 3 aromatic rings. The van der Waals surface area contributed by atoms with Gasteiger partial charge in [-0.15, -0.1) is 11.8 Å². The molecule has 1 N–H and O–H groups in total. The summed E-state index contributed by atoms with van der Waals surface area (Å²) in [6, 6.07) is 15.8. The summed E-state index contributed by atoms with van der Waals surface area (Å²) in [7, 11) is 1.90. The number of hydrogen-bond acceptors (Lipinski definition) is 2. The van der Waals surface area contributed by atoms with E-state index in [0.29, 0.717) is 5.69 Å². The molecule has 3 rings (SSSR count). The van der Waals surface area contributed by atoms with Gasteiger partial charge in [-0.05, 0) is 52.5 Å². The Kier molecular flexibility index (Phi) is 4.27. The molecule has 112 valence electrons. The number of hydrogen-bond donors (Lipinski definition) is 1. The van der Waals surface area contributed by atoms with Crippen molar-refractivity contribution in [3.05, 3.63) is 58.7 Å². The Morgan fingerprint density at radius 3 is 2.45 bits per heavy atom. The minimum absolute atomic E-state index is 0.123. The second-order valence-electron chi connectivity index (χ2n) is 4.92. The van der Waals surface area contributed by atoms with Crippen LogP contribution in [0.4, 0.5) is 5.69 Å². The monoisotopic (exact) mass is 374 g/mol. The zero-order valence-electron chi connectivity index (χ0n) is 12.3. The fraction of sp³-hybridized carbons (Fsp3) is 0.118. The topological polar surface area (TPSA) is 34.0 Å². The van der Waals surface area contributed by atoms with E-state index in [1.54, 1.807) is 11.8 Å². The number of carbonyl (C=O) groups is 1. The van der Waals surface area contributed by atoms with E-state index in [2.05, 4.69) is 21.2 Å². The maximum Gasteiger partial charge on any atom is 0.273 e. The predicted octanol–water partition coefficient (Wildman–Crippen LogP) is 4.92. The third-order valence-electron chi connectivity index (χ3n) is 3.61. The van der Waals surface area contributed by atoms with Crippen LogP contribution >= 0.6 is 27.7 Å². The second-order valence-corrected chi connectivity index (χ2v) is 6.59. The van der Waals surface area contributed by atoms with Gasteiger partial charge < -0.3 is 9.88 Å². The van der Waals surface area contributed by atoms with Gasteiger partial charge >= 0.3 is 0 Å². The Morgan fingerprint density at radius 2 is 1.82 bits per heavy atom. The van der Waals surface area contributed by atoms with Crippen molar-refractivity contribution in [1.82, 2.24) is 4.57 Å². The van der Waals surface area contributed by atoms with E-state index in [-0.39, 0.29) is 5.91 Å². The number of nitrogens with one attached hydrogen (secondary N) is 1. The molecule has 1 aromatic heterocycles. The summed E-state index contributed by atoms with van der Waals surface area (Å²) < 4.78 is 2.73. The van der Waals surface area contributed by atoms with E-state index in [4.69, 9.17) is 0 Å². The van der Waals surface area contributed by atoms with Crippen LogP contribution in [-0.2, 0) is 7.05 Å². The average Bonchev–Trinajstić information content (AvgIpc) is 2.80. The Hall–Kier alpha value is -1.72. The fourth-order valence-electron chi connectivity index (χ4n) is 2.46. The maximum atomic E-state index is 12.6. The number of para-hydroxylation sites is 1. The van der Waals surface area contributed by atoms with Gasteiger partial charge in [-0.2, -0.15) is 0 Å². The van der Waals surface area contributed by atoms with Gasteiger partial charge in [0.2, 0.25) is 0 Å². The number of fused-ring (bicyclic) bond motifs is 1. The number of anilines is 1. The number of carbonyl (C=O) groups excluding carboxylic acids is 1. The lowest BCUT2D eigenvalue weighted by Gasteiger charge is -2.08. The van der Waals surface area contributed by atoms with Gasteiger partial charge in [0.15, 0.2) is 0 Å². The molecule has 1 amide bonds. The first-order chi connectivity index (χ1) is 10.6. The van der Waals surface area contributed by atoms with Crippen molar-refractivity contribution in [3.63, 3.8) is 0 Å². The van der Waals surface area contributed by atoms with Crippen molar-refractivity contribution in [1.29, 1.82) is 0 Å². The minimum atomic E-state index is -0.123. The molecule has 1 heterocycles. The third-order valence-corrected chi connectivity index (χ3v) is 5.15. The molecular weight excluding hydrogens is 360 g/mol. The van der Waals surface area contributed by atoms with Crippen LogP contribution in [-0.4, -0.2) is 16.7 Å². The molecule has 2 aromatic carbocycles. The number of aromatic nitrogens is 1. The molecule has 0 aliphatic carbocycles. The molecule has 3 nitrogen and oxygen atoms in total. The van der Waals surface area contributed by atoms with Gasteiger partial charge in [-0.25, -0.2) is 0 Å². The van der Waals surface area contributed by atoms with Crippen molar-refractivity contribution in [3.8, 4) is 0 Å². The number of rotatable bonds is 3. The Labute approximate surface area is 141 Å². The first-order valence-corrected chi connectivity index (χ1v) is 8.82. The summed E-state index contributed by atoms with van der Waals surface area (Å²) in [5.41, 5.74) is 2.44. The average molecular weight is 375 g/mol. The van der Waals surface area contributed by atoms with Crippen LogP contribution in [0.1, 0.15) is 10.5 Å². The normalized spacial score (nSPS) is 10.9. The van der Waals surface area contributed by atoms with E-state index in [9.17, 15) is 4.79 Å². The standard InChI is InChI=1S/C17H15BrN2OS/c1-20-14-6-4-3-5-13(14)15(18)16(20)17(21)19-11-7-9-12(22-2)10-8-11/h3-10H,1-2H3,(H,19,21). The predicted molar refractivity (Wildman–Crippen MR) is 96.8 cm³/mol. The summed E-state index contributed by atoms with van der Waals surface area (Å²) in [5.74, 6) is -0.123. The van der Waals surface area contributed by atoms with Gasteiger partial charge in [0.25, 0.3) is 5.91 Å². The van der Waals surface area contributed by atoms with Crippen LogP contribution in [0.2, 0.25) is 0 Å². The Balaban J connectivity index is 1.95. The highest BCUT2D eigenvalue weighted by Gasteiger charge is 2.19. The summed E-state index contributed by atoms with van der Waals surface area (Å²) in [6.07, 6.45) is 2.03. The van der Waals surface area contributed by atoms with Gasteiger partial charge in [0.1, 0.15) is 5.69 Å². The molecular formula is C17H15BrN2OS. The summed E-state index contributed by atoms with van der Waals surface area (Å²) in [4.78, 5) is 13.8. The number of aryl methyl sites for hydroxylation is 1. The highest BCUT2D eigenvalue weighted by atomic mass is 79.9. The molecule has 0 bridgehead atoms. The molecule has 0 aliphatic heterocycles. The van der Waals surface area contributed by atoms with E-state index in [0.717, 1.165) is 21.1 Å². The number of amides is 1. The molecule has 0 unspecified atom stereocenters. The number of halogens is 1. The first kappa shape index (κ1) is 15.2. The molecule has 5 heteroatoms. The lowest BCUT2D eigenvalue weighted by atomic mass is 10.2. The summed E-state index contributed by atoms with van der Waals surface area (Å²) >= 11 is 5.23. The lowest BCUT2D eigenvalue weighted by Crippen LogP contribution is -2.16. The van der Waals surface area contributed by atoms with Gasteiger partial charge in [0.05, 0.1) is 4.47 Å². The van der Waals surface area contributed by atoms with E-state index < -0.39 is 0 Å². The van der Waals surface area contributed by atoms with Crippen molar-refractivity contribution < 1.29 is 4.79 Å². The van der Waals surface area contributed by atoms with E-state index in [1.807, 2.05) is 66.4 Å². The maximum absolute atomic E-state index is 12.6. The van der Waals surface area contributed by atoms with Crippen LogP contribution in [0, 0.1) is 0 Å². The zero-order chi connectivity index (χ0) is 15.7. The third kappa shape index (κ3) is 2.66. The minimum Gasteiger partial charge on any atom is -0.339 e. The second kappa shape index (κ2) is 6.18. The van der Waals surface area contributed by atoms with Crippen LogP contribution in [0.25, 0.3) is 10.9 Å². The van der Waals surface area contributed by atoms with Crippen LogP contribution < -0.4 is 5.32 Å². The van der Waals surface area contributed by atoms with Crippen molar-refractivity contribution in [2.24, 2.45) is 7.05 Å². The Bertz CT molecular complexity index is 801. The zero-order valence-corrected chi connectivity index (χ0v) is 14.7. The number of benzene rings is 2. The summed E-state index contributed by atoms with van der Waals surface area (Å²) in [6.45, 7) is 0. The van der Waals surface area contributed by atoms with Crippen molar-refractivity contribution in [2.75, 3.05) is 11.6 Å². The fourth-order valence-corrected chi connectivity index (χ4v) is 3.65. The van der Waals surface area contributed by atoms with Crippen LogP contribution in [0.5, 0.6) is 0 Å². The van der Waals surface area contributed by atoms with E-state index >= 15 is 0 Å². The molecule has 22 heavy (non-hydrogen) atoms. The number of nitrogens with zero attached hydrogens (tertiary/aromatic N) is 1. The number of thioether (sulfide) groups is 1. The smallest absolute Gasteiger partial charge is 0.273 e. The Morgan fingerprint density at radius 1 is 1.14 bits per heavy atom. The SMILES string of the molecule is CSc1ccc(NC(=O)c2c(Br)c3ccccc3n2C)cc1. The highest BCUT2D eigenvalue weighted by Crippen LogP contribution is 2.30. The molecule has 0 radical (unpaired) electrons. The van der Waals surface area contributed by atoms with Gasteiger partial charge in [0, 0.05) is 28.5 Å². The molecule has 0 fully saturated rings. The van der Waals surface area contributed by atoms with Crippen molar-refractivity contribution >= 4 is 50.2 Å². The van der Waals surface area contributed by atoms with Crippen molar-refractivity contribution in [2.45, 2.75) is 4.90 Å². The summed E-state index contributed by atoms with van der Waals surface area (Å²) in [5, 5.41) is 3.99. The molecule has 0 spiro atoms. The van der Waals surface area contributed by atoms with Gasteiger partial charge in [-0.3, -0.25) is 4.79 Å². The van der Waals surface area contributed by atoms with Gasteiger partial charge in [-0.1, -0.05) is 18.2 Å². The van der Waals surface area contributed by atoms with Crippen LogP contribution in [0.3, 0.4) is 0 Å². The molecule has 0 saturated heterocycles. The highest BCUT2D eigenvalue weighted by molar-refractivity contribution is 9.10. The lowest BCUT2D eigenvalue weighted by molar-refractivity contribution is 0.101. The van der Waals surface area contributed by atoms with E-state index in [1.165, 1.54) is 4.90 Å². The largest absolute Gasteiger partial charge is 0.339 e. The van der Waals surface area contributed by atoms with Crippen LogP contribution in [0.15, 0.2) is 57.9 Å².